The van der Waals surface area contributed by atoms with Crippen LogP contribution in [0.5, 0.6) is 0 Å². The van der Waals surface area contributed by atoms with Crippen LogP contribution < -0.4 is 5.32 Å². The molecule has 8 nitrogen and oxygen atoms in total. The molecule has 4 aromatic rings. The maximum absolute atomic E-state index is 13.8. The highest BCUT2D eigenvalue weighted by atomic mass is 32.2. The second kappa shape index (κ2) is 14.4. The minimum Gasteiger partial charge on any atom is -0.469 e. The van der Waals surface area contributed by atoms with Crippen LogP contribution in [0.15, 0.2) is 102 Å². The zero-order valence-electron chi connectivity index (χ0n) is 25.0. The van der Waals surface area contributed by atoms with Gasteiger partial charge >= 0.3 is 5.97 Å². The first-order valence-electron chi connectivity index (χ1n) is 14.8. The summed E-state index contributed by atoms with van der Waals surface area (Å²) >= 11 is 8.99. The van der Waals surface area contributed by atoms with Gasteiger partial charge < -0.3 is 14.8 Å². The van der Waals surface area contributed by atoms with Crippen molar-refractivity contribution in [1.29, 1.82) is 0 Å². The van der Waals surface area contributed by atoms with Crippen LogP contribution in [-0.4, -0.2) is 57.0 Å². The number of β-lactam (4-membered cyclic amide) rings is 1. The average molecular weight is 670 g/mol. The molecular formula is C35H31N3O5S3. The summed E-state index contributed by atoms with van der Waals surface area (Å²) in [5, 5.41) is 5.38. The SMILES string of the molecule is COC(=O)CCc1csc(C2=C(C(=S)OC(c3ccccc3)c3ccccc3)N3C(=O)[C@@H](NC(=O)Cc4ccccc4)[C@H]3SC2)n1. The fourth-order valence-electron chi connectivity index (χ4n) is 5.42. The number of aryl methyl sites for hydroxylation is 1. The molecule has 3 aromatic carbocycles. The van der Waals surface area contributed by atoms with Crippen molar-refractivity contribution < 1.29 is 23.9 Å². The molecular weight excluding hydrogens is 639 g/mol. The third kappa shape index (κ3) is 6.91. The summed E-state index contributed by atoms with van der Waals surface area (Å²) < 4.78 is 11.4. The Hall–Kier alpha value is -4.32. The molecule has 1 aromatic heterocycles. The lowest BCUT2D eigenvalue weighted by Crippen LogP contribution is -2.70. The number of methoxy groups -OCH3 is 1. The number of ether oxygens (including phenoxy) is 2. The summed E-state index contributed by atoms with van der Waals surface area (Å²) in [4.78, 5) is 44.9. The molecule has 2 aliphatic rings. The van der Waals surface area contributed by atoms with Gasteiger partial charge in [-0.15, -0.1) is 23.1 Å². The van der Waals surface area contributed by atoms with E-state index in [1.807, 2.05) is 96.4 Å². The molecule has 2 aliphatic heterocycles. The van der Waals surface area contributed by atoms with E-state index in [1.165, 1.54) is 18.4 Å². The fourth-order valence-corrected chi connectivity index (χ4v) is 8.07. The Morgan fingerprint density at radius 2 is 1.63 bits per heavy atom. The smallest absolute Gasteiger partial charge is 0.305 e. The Balaban J connectivity index is 1.30. The van der Waals surface area contributed by atoms with Crippen LogP contribution in [-0.2, 0) is 36.7 Å². The third-order valence-corrected chi connectivity index (χ3v) is 10.3. The number of benzene rings is 3. The number of esters is 1. The summed E-state index contributed by atoms with van der Waals surface area (Å²) in [5.74, 6) is -0.276. The summed E-state index contributed by atoms with van der Waals surface area (Å²) in [6, 6.07) is 28.3. The number of aromatic nitrogens is 1. The van der Waals surface area contributed by atoms with Crippen LogP contribution >= 0.6 is 35.3 Å². The number of fused-ring (bicyclic) bond motifs is 1. The van der Waals surface area contributed by atoms with Crippen molar-refractivity contribution in [3.8, 4) is 0 Å². The van der Waals surface area contributed by atoms with Crippen molar-refractivity contribution in [3.05, 3.63) is 129 Å². The Morgan fingerprint density at radius 3 is 2.26 bits per heavy atom. The van der Waals surface area contributed by atoms with E-state index in [9.17, 15) is 14.4 Å². The average Bonchev–Trinajstić information content (AvgIpc) is 3.57. The molecule has 0 bridgehead atoms. The Morgan fingerprint density at radius 1 is 1.00 bits per heavy atom. The number of thiocarbonyl (C=S) groups is 1. The predicted molar refractivity (Wildman–Crippen MR) is 183 cm³/mol. The number of rotatable bonds is 11. The van der Waals surface area contributed by atoms with Crippen molar-refractivity contribution in [3.63, 3.8) is 0 Å². The molecule has 0 radical (unpaired) electrons. The topological polar surface area (TPSA) is 97.8 Å². The van der Waals surface area contributed by atoms with Crippen molar-refractivity contribution in [1.82, 2.24) is 15.2 Å². The predicted octanol–water partition coefficient (Wildman–Crippen LogP) is 5.74. The maximum atomic E-state index is 13.8. The van der Waals surface area contributed by atoms with Gasteiger partial charge in [-0.05, 0) is 28.9 Å². The van der Waals surface area contributed by atoms with E-state index in [0.717, 1.165) is 28.0 Å². The van der Waals surface area contributed by atoms with Gasteiger partial charge in [0.05, 0.1) is 25.6 Å². The molecule has 1 fully saturated rings. The Bertz CT molecular complexity index is 1720. The molecule has 3 heterocycles. The van der Waals surface area contributed by atoms with Gasteiger partial charge in [0, 0.05) is 23.1 Å². The van der Waals surface area contributed by atoms with E-state index in [1.54, 1.807) is 16.7 Å². The molecule has 0 spiro atoms. The largest absolute Gasteiger partial charge is 0.469 e. The second-order valence-electron chi connectivity index (χ2n) is 10.8. The molecule has 1 saturated heterocycles. The van der Waals surface area contributed by atoms with E-state index >= 15 is 0 Å². The summed E-state index contributed by atoms with van der Waals surface area (Å²) in [6.07, 6.45) is 0.321. The Labute approximate surface area is 280 Å². The van der Waals surface area contributed by atoms with Crippen molar-refractivity contribution in [2.24, 2.45) is 0 Å². The normalized spacial score (nSPS) is 17.3. The van der Waals surface area contributed by atoms with Crippen molar-refractivity contribution >= 4 is 63.7 Å². The van der Waals surface area contributed by atoms with Crippen LogP contribution in [0.1, 0.15) is 39.9 Å². The molecule has 234 valence electrons. The van der Waals surface area contributed by atoms with E-state index in [0.29, 0.717) is 22.9 Å². The number of carbonyl (C=O) groups is 3. The van der Waals surface area contributed by atoms with Gasteiger partial charge in [0.15, 0.2) is 0 Å². The van der Waals surface area contributed by atoms with E-state index in [4.69, 9.17) is 26.7 Å². The molecule has 0 saturated carbocycles. The number of nitrogens with zero attached hydrogens (tertiary/aromatic N) is 2. The minimum atomic E-state index is -0.688. The lowest BCUT2D eigenvalue weighted by molar-refractivity contribution is -0.145. The fraction of sp³-hybridized carbons (Fsp3) is 0.229. The summed E-state index contributed by atoms with van der Waals surface area (Å²) in [7, 11) is 1.36. The highest BCUT2D eigenvalue weighted by Crippen LogP contribution is 2.45. The third-order valence-electron chi connectivity index (χ3n) is 7.74. The lowest BCUT2D eigenvalue weighted by atomic mass is 10.0. The molecule has 0 unspecified atom stereocenters. The minimum absolute atomic E-state index is 0.173. The highest BCUT2D eigenvalue weighted by Gasteiger charge is 2.54. The van der Waals surface area contributed by atoms with Crippen LogP contribution in [0.3, 0.4) is 0 Å². The zero-order valence-corrected chi connectivity index (χ0v) is 27.4. The maximum Gasteiger partial charge on any atom is 0.305 e. The van der Waals surface area contributed by atoms with E-state index < -0.39 is 12.1 Å². The summed E-state index contributed by atoms with van der Waals surface area (Å²) in [5.41, 5.74) is 4.73. The quantitative estimate of drug-likeness (QED) is 0.123. The standard InChI is InChI=1S/C35H31N3O5S3/c1-42-28(40)18-17-25-20-45-32(36-25)26-21-46-34-29(37-27(39)19-22-11-5-2-6-12-22)33(41)38(34)30(26)35(44)43-31(23-13-7-3-8-14-23)24-15-9-4-10-16-24/h2-16,20,29,31,34H,17-19,21H2,1H3,(H,37,39)/t29-,34-/m1/s1. The van der Waals surface area contributed by atoms with Gasteiger partial charge in [0.1, 0.15) is 28.2 Å². The monoisotopic (exact) mass is 669 g/mol. The molecule has 11 heteroatoms. The lowest BCUT2D eigenvalue weighted by Gasteiger charge is -2.50. The first-order chi connectivity index (χ1) is 22.4. The number of nitrogens with one attached hydrogen (secondary N) is 1. The molecule has 0 aliphatic carbocycles. The van der Waals surface area contributed by atoms with Gasteiger partial charge in [-0.3, -0.25) is 19.3 Å². The van der Waals surface area contributed by atoms with Crippen LogP contribution in [0.2, 0.25) is 0 Å². The van der Waals surface area contributed by atoms with Gasteiger partial charge in [0.2, 0.25) is 11.0 Å². The van der Waals surface area contributed by atoms with Crippen molar-refractivity contribution in [2.45, 2.75) is 36.8 Å². The number of thioether (sulfide) groups is 1. The molecule has 6 rings (SSSR count). The van der Waals surface area contributed by atoms with Gasteiger partial charge in [-0.1, -0.05) is 91.0 Å². The van der Waals surface area contributed by atoms with E-state index in [-0.39, 0.29) is 41.0 Å². The molecule has 1 N–H and O–H groups in total. The zero-order chi connectivity index (χ0) is 32.0. The molecule has 46 heavy (non-hydrogen) atoms. The van der Waals surface area contributed by atoms with Crippen LogP contribution in [0, 0.1) is 0 Å². The number of hydrogen-bond acceptors (Lipinski definition) is 9. The molecule has 2 atom stereocenters. The Kier molecular flexibility index (Phi) is 9.91. The van der Waals surface area contributed by atoms with Crippen LogP contribution in [0.25, 0.3) is 5.57 Å². The number of carbonyl (C=O) groups excluding carboxylic acids is 3. The summed E-state index contributed by atoms with van der Waals surface area (Å²) in [6.45, 7) is 0. The van der Waals surface area contributed by atoms with Crippen molar-refractivity contribution in [2.75, 3.05) is 12.9 Å². The number of amides is 2. The second-order valence-corrected chi connectivity index (χ2v) is 13.1. The molecule has 2 amide bonds. The number of hydrogen-bond donors (Lipinski definition) is 1. The van der Waals surface area contributed by atoms with Crippen LogP contribution in [0.4, 0.5) is 0 Å². The highest BCUT2D eigenvalue weighted by molar-refractivity contribution is 8.00. The van der Waals surface area contributed by atoms with Gasteiger partial charge in [-0.2, -0.15) is 0 Å². The number of thiazole rings is 1. The first-order valence-corrected chi connectivity index (χ1v) is 17.1. The van der Waals surface area contributed by atoms with Gasteiger partial charge in [0.25, 0.3) is 5.91 Å². The first kappa shape index (κ1) is 31.7. The van der Waals surface area contributed by atoms with Gasteiger partial charge in [-0.25, -0.2) is 4.98 Å². The van der Waals surface area contributed by atoms with E-state index in [2.05, 4.69) is 5.32 Å².